The number of alkyl halides is 3. The second-order valence-corrected chi connectivity index (χ2v) is 3.30. The summed E-state index contributed by atoms with van der Waals surface area (Å²) in [6.45, 7) is 0.800. The van der Waals surface area contributed by atoms with E-state index in [-0.39, 0.29) is 0 Å². The van der Waals surface area contributed by atoms with Crippen LogP contribution in [0.4, 0.5) is 18.0 Å². The highest BCUT2D eigenvalue weighted by molar-refractivity contribution is 5.97. The van der Waals surface area contributed by atoms with E-state index in [1.807, 2.05) is 0 Å². The lowest BCUT2D eigenvalue weighted by molar-refractivity contribution is -0.172. The molecule has 0 saturated carbocycles. The Morgan fingerprint density at radius 1 is 1.07 bits per heavy atom. The van der Waals surface area contributed by atoms with Gasteiger partial charge in [-0.15, -0.1) is 0 Å². The number of amides is 3. The number of imide groups is 1. The Morgan fingerprint density at radius 2 is 1.60 bits per heavy atom. The number of hydrogen-bond acceptors (Lipinski definition) is 2. The van der Waals surface area contributed by atoms with Gasteiger partial charge in [0.1, 0.15) is 0 Å². The van der Waals surface area contributed by atoms with E-state index in [1.165, 1.54) is 10.2 Å². The van der Waals surface area contributed by atoms with Crippen LogP contribution in [0.25, 0.3) is 0 Å². The molecule has 0 aromatic heterocycles. The summed E-state index contributed by atoms with van der Waals surface area (Å²) in [5, 5.41) is 1.31. The van der Waals surface area contributed by atoms with Crippen molar-refractivity contribution >= 4 is 11.9 Å². The summed E-state index contributed by atoms with van der Waals surface area (Å²) in [7, 11) is 0. The van der Waals surface area contributed by atoms with Crippen molar-refractivity contribution in [3.63, 3.8) is 0 Å². The average Bonchev–Trinajstić information content (AvgIpc) is 2.17. The molecule has 0 radical (unpaired) electrons. The van der Waals surface area contributed by atoms with Crippen molar-refractivity contribution in [2.45, 2.75) is 25.4 Å². The van der Waals surface area contributed by atoms with Crippen molar-refractivity contribution in [3.8, 4) is 0 Å². The number of carbonyl (C=O) groups excluding carboxylic acids is 2. The maximum atomic E-state index is 11.8. The molecular formula is C8H11F3N2O2. The highest BCUT2D eigenvalue weighted by Crippen LogP contribution is 2.15. The molecule has 1 rings (SSSR count). The monoisotopic (exact) mass is 224 g/mol. The Hall–Kier alpha value is -1.27. The summed E-state index contributed by atoms with van der Waals surface area (Å²) in [6.07, 6.45) is -2.54. The minimum absolute atomic E-state index is 0.400. The molecule has 0 spiro atoms. The van der Waals surface area contributed by atoms with Gasteiger partial charge >= 0.3 is 18.1 Å². The van der Waals surface area contributed by atoms with Gasteiger partial charge in [-0.1, -0.05) is 0 Å². The molecule has 7 heteroatoms. The second kappa shape index (κ2) is 4.50. The first-order valence-corrected chi connectivity index (χ1v) is 4.58. The molecule has 0 aromatic carbocycles. The number of piperidine rings is 1. The number of nitrogens with one attached hydrogen (secondary N) is 1. The van der Waals surface area contributed by atoms with Gasteiger partial charge in [-0.3, -0.25) is 10.1 Å². The van der Waals surface area contributed by atoms with E-state index in [9.17, 15) is 22.8 Å². The third-order valence-electron chi connectivity index (χ3n) is 2.12. The summed E-state index contributed by atoms with van der Waals surface area (Å²) in [6, 6.07) is -0.961. The van der Waals surface area contributed by atoms with Crippen molar-refractivity contribution < 1.29 is 22.8 Å². The average molecular weight is 224 g/mol. The van der Waals surface area contributed by atoms with Gasteiger partial charge in [-0.2, -0.15) is 13.2 Å². The largest absolute Gasteiger partial charge is 0.471 e. The van der Waals surface area contributed by atoms with Gasteiger partial charge in [0.2, 0.25) is 0 Å². The van der Waals surface area contributed by atoms with Crippen LogP contribution in [0.3, 0.4) is 0 Å². The first-order valence-electron chi connectivity index (χ1n) is 4.58. The zero-order chi connectivity index (χ0) is 11.5. The van der Waals surface area contributed by atoms with Crippen LogP contribution in [0.1, 0.15) is 19.3 Å². The molecule has 86 valence electrons. The molecule has 3 amide bonds. The van der Waals surface area contributed by atoms with E-state index >= 15 is 0 Å². The molecule has 0 bridgehead atoms. The molecule has 0 unspecified atom stereocenters. The van der Waals surface area contributed by atoms with Crippen molar-refractivity contribution in [2.75, 3.05) is 13.1 Å². The third kappa shape index (κ3) is 3.41. The first kappa shape index (κ1) is 11.8. The van der Waals surface area contributed by atoms with Crippen molar-refractivity contribution in [3.05, 3.63) is 0 Å². The molecule has 0 atom stereocenters. The number of halogens is 3. The van der Waals surface area contributed by atoms with Gasteiger partial charge in [-0.25, -0.2) is 4.79 Å². The topological polar surface area (TPSA) is 49.4 Å². The number of carbonyl (C=O) groups is 2. The van der Waals surface area contributed by atoms with Crippen LogP contribution >= 0.6 is 0 Å². The number of urea groups is 1. The van der Waals surface area contributed by atoms with Crippen LogP contribution in [-0.4, -0.2) is 36.1 Å². The minimum Gasteiger partial charge on any atom is -0.324 e. The first-order chi connectivity index (χ1) is 6.91. The number of hydrogen-bond donors (Lipinski definition) is 1. The molecule has 1 fully saturated rings. The summed E-state index contributed by atoms with van der Waals surface area (Å²) >= 11 is 0. The Labute approximate surface area is 84.4 Å². The van der Waals surface area contributed by atoms with Crippen LogP contribution in [0, 0.1) is 0 Å². The summed E-state index contributed by atoms with van der Waals surface area (Å²) in [5.41, 5.74) is 0. The fourth-order valence-corrected chi connectivity index (χ4v) is 1.34. The second-order valence-electron chi connectivity index (χ2n) is 3.30. The zero-order valence-corrected chi connectivity index (χ0v) is 7.93. The summed E-state index contributed by atoms with van der Waals surface area (Å²) in [4.78, 5) is 22.8. The lowest BCUT2D eigenvalue weighted by Gasteiger charge is -2.26. The molecule has 0 aromatic rings. The van der Waals surface area contributed by atoms with Crippen molar-refractivity contribution in [2.24, 2.45) is 0 Å². The molecule has 1 saturated heterocycles. The van der Waals surface area contributed by atoms with E-state index in [2.05, 4.69) is 0 Å². The van der Waals surface area contributed by atoms with E-state index in [0.29, 0.717) is 13.1 Å². The normalized spacial score (nSPS) is 17.4. The Bertz CT molecular complexity index is 259. The van der Waals surface area contributed by atoms with Gasteiger partial charge in [-0.05, 0) is 19.3 Å². The van der Waals surface area contributed by atoms with Gasteiger partial charge in [0.15, 0.2) is 0 Å². The van der Waals surface area contributed by atoms with Crippen LogP contribution < -0.4 is 5.32 Å². The van der Waals surface area contributed by atoms with Crippen molar-refractivity contribution in [1.82, 2.24) is 10.2 Å². The molecule has 1 N–H and O–H groups in total. The lowest BCUT2D eigenvalue weighted by Crippen LogP contribution is -2.49. The van der Waals surface area contributed by atoms with Gasteiger partial charge in [0.25, 0.3) is 0 Å². The fourth-order valence-electron chi connectivity index (χ4n) is 1.34. The molecule has 1 heterocycles. The van der Waals surface area contributed by atoms with Crippen molar-refractivity contribution in [1.29, 1.82) is 0 Å². The number of likely N-dealkylation sites (tertiary alicyclic amines) is 1. The maximum Gasteiger partial charge on any atom is 0.471 e. The number of rotatable bonds is 0. The predicted molar refractivity (Wildman–Crippen MR) is 45.0 cm³/mol. The van der Waals surface area contributed by atoms with E-state index in [0.717, 1.165) is 19.3 Å². The number of nitrogens with zero attached hydrogens (tertiary/aromatic N) is 1. The Balaban J connectivity index is 2.44. The molecule has 15 heavy (non-hydrogen) atoms. The fraction of sp³-hybridized carbons (Fsp3) is 0.750. The van der Waals surface area contributed by atoms with E-state index in [1.54, 1.807) is 0 Å². The Kier molecular flexibility index (Phi) is 3.54. The quantitative estimate of drug-likeness (QED) is 0.673. The van der Waals surface area contributed by atoms with Crippen LogP contribution in [0.5, 0.6) is 0 Å². The summed E-state index contributed by atoms with van der Waals surface area (Å²) < 4.78 is 35.4. The SMILES string of the molecule is O=C(NC(=O)C(F)(F)F)N1CCCCC1. The lowest BCUT2D eigenvalue weighted by atomic mass is 10.1. The molecule has 0 aliphatic carbocycles. The van der Waals surface area contributed by atoms with E-state index < -0.39 is 18.1 Å². The smallest absolute Gasteiger partial charge is 0.324 e. The molecule has 1 aliphatic rings. The standard InChI is InChI=1S/C8H11F3N2O2/c9-8(10,11)6(14)12-7(15)13-4-2-1-3-5-13/h1-5H2,(H,12,14,15). The van der Waals surface area contributed by atoms with Gasteiger partial charge < -0.3 is 4.90 Å². The highest BCUT2D eigenvalue weighted by atomic mass is 19.4. The van der Waals surface area contributed by atoms with Crippen LogP contribution in [-0.2, 0) is 4.79 Å². The minimum atomic E-state index is -5.01. The molecule has 4 nitrogen and oxygen atoms in total. The van der Waals surface area contributed by atoms with Gasteiger partial charge in [0, 0.05) is 13.1 Å². The third-order valence-corrected chi connectivity index (χ3v) is 2.12. The van der Waals surface area contributed by atoms with E-state index in [4.69, 9.17) is 0 Å². The maximum absolute atomic E-state index is 11.8. The van der Waals surface area contributed by atoms with Crippen LogP contribution in [0.15, 0.2) is 0 Å². The molecular weight excluding hydrogens is 213 g/mol. The highest BCUT2D eigenvalue weighted by Gasteiger charge is 2.40. The zero-order valence-electron chi connectivity index (χ0n) is 7.93. The van der Waals surface area contributed by atoms with Crippen LogP contribution in [0.2, 0.25) is 0 Å². The summed E-state index contributed by atoms with van der Waals surface area (Å²) in [5.74, 6) is -2.21. The Morgan fingerprint density at radius 3 is 2.07 bits per heavy atom. The van der Waals surface area contributed by atoms with Gasteiger partial charge in [0.05, 0.1) is 0 Å². The predicted octanol–water partition coefficient (Wildman–Crippen LogP) is 1.27. The molecule has 1 aliphatic heterocycles.